The molecule has 0 bridgehead atoms. The topological polar surface area (TPSA) is 81.0 Å². The van der Waals surface area contributed by atoms with Crippen LogP contribution in [0.3, 0.4) is 0 Å². The summed E-state index contributed by atoms with van der Waals surface area (Å²) in [4.78, 5) is 17.8. The van der Waals surface area contributed by atoms with Crippen LogP contribution in [0.15, 0.2) is 30.7 Å². The maximum absolute atomic E-state index is 8.88. The molecule has 4 heterocycles. The Kier molecular flexibility index (Phi) is 4.82. The highest BCUT2D eigenvalue weighted by Crippen LogP contribution is 2.23. The first-order chi connectivity index (χ1) is 12.8. The number of hydrogen-bond acceptors (Lipinski definition) is 7. The molecule has 2 aliphatic rings. The van der Waals surface area contributed by atoms with E-state index in [1.165, 1.54) is 12.8 Å². The number of nitriles is 1. The summed E-state index contributed by atoms with van der Waals surface area (Å²) in [5.41, 5.74) is 0.600. The number of nitrogens with zero attached hydrogens (tertiary/aromatic N) is 6. The molecule has 7 nitrogen and oxygen atoms in total. The van der Waals surface area contributed by atoms with E-state index >= 15 is 0 Å². The van der Waals surface area contributed by atoms with E-state index in [1.807, 2.05) is 12.1 Å². The molecule has 0 spiro atoms. The third-order valence-corrected chi connectivity index (χ3v) is 5.13. The van der Waals surface area contributed by atoms with Gasteiger partial charge in [-0.2, -0.15) is 5.26 Å². The predicted octanol–water partition coefficient (Wildman–Crippen LogP) is 2.42. The third kappa shape index (κ3) is 3.69. The van der Waals surface area contributed by atoms with Gasteiger partial charge in [0.1, 0.15) is 29.9 Å². The first-order valence-corrected chi connectivity index (χ1v) is 9.26. The Morgan fingerprint density at radius 1 is 0.962 bits per heavy atom. The van der Waals surface area contributed by atoms with Gasteiger partial charge in [0.15, 0.2) is 0 Å². The third-order valence-electron chi connectivity index (χ3n) is 5.13. The summed E-state index contributed by atoms with van der Waals surface area (Å²) < 4.78 is 0. The molecule has 0 radical (unpaired) electrons. The van der Waals surface area contributed by atoms with E-state index in [0.717, 1.165) is 56.5 Å². The van der Waals surface area contributed by atoms with Crippen molar-refractivity contribution in [2.45, 2.75) is 31.7 Å². The molecule has 0 saturated carbocycles. The quantitative estimate of drug-likeness (QED) is 0.908. The minimum absolute atomic E-state index is 0.408. The highest BCUT2D eigenvalue weighted by Gasteiger charge is 2.21. The van der Waals surface area contributed by atoms with Gasteiger partial charge >= 0.3 is 0 Å². The number of hydrogen-bond donors (Lipinski definition) is 1. The molecule has 4 rings (SSSR count). The number of piperidine rings is 1. The van der Waals surface area contributed by atoms with Crippen molar-refractivity contribution in [3.8, 4) is 6.07 Å². The number of nitrogens with one attached hydrogen (secondary N) is 1. The largest absolute Gasteiger partial charge is 0.367 e. The Hall–Kier alpha value is -2.88. The lowest BCUT2D eigenvalue weighted by Crippen LogP contribution is -2.39. The average molecular weight is 349 g/mol. The van der Waals surface area contributed by atoms with E-state index in [4.69, 9.17) is 5.26 Å². The molecule has 1 N–H and O–H groups in total. The van der Waals surface area contributed by atoms with Crippen molar-refractivity contribution in [1.29, 1.82) is 5.26 Å². The Bertz CT molecular complexity index is 769. The molecule has 134 valence electrons. The predicted molar refractivity (Wildman–Crippen MR) is 101 cm³/mol. The lowest BCUT2D eigenvalue weighted by molar-refractivity contribution is 0.522. The smallest absolute Gasteiger partial charge is 0.134 e. The number of aromatic nitrogens is 3. The van der Waals surface area contributed by atoms with Crippen LogP contribution in [0.2, 0.25) is 0 Å². The fraction of sp³-hybridized carbons (Fsp3) is 0.474. The molecule has 0 unspecified atom stereocenters. The first-order valence-electron chi connectivity index (χ1n) is 9.26. The van der Waals surface area contributed by atoms with Crippen LogP contribution in [0, 0.1) is 11.3 Å². The SMILES string of the molecule is N#Cc1ccc(N2CCC(Nc3cc(N4CCCC4)ncn3)CC2)nc1. The molecular formula is C19H23N7. The summed E-state index contributed by atoms with van der Waals surface area (Å²) in [6.45, 7) is 4.07. The molecule has 0 atom stereocenters. The normalized spacial score (nSPS) is 18.0. The minimum atomic E-state index is 0.408. The standard InChI is InChI=1S/C19H23N7/c20-12-15-3-4-18(21-13-15)26-9-5-16(6-10-26)24-17-11-19(23-14-22-17)25-7-1-2-8-25/h3-4,11,13-14,16H,1-2,5-10H2,(H,22,23,24). The van der Waals surface area contributed by atoms with Crippen LogP contribution in [-0.4, -0.2) is 47.2 Å². The summed E-state index contributed by atoms with van der Waals surface area (Å²) in [6.07, 6.45) is 7.85. The van der Waals surface area contributed by atoms with E-state index in [9.17, 15) is 0 Å². The van der Waals surface area contributed by atoms with E-state index in [2.05, 4.69) is 42.2 Å². The van der Waals surface area contributed by atoms with Crippen molar-refractivity contribution in [1.82, 2.24) is 15.0 Å². The fourth-order valence-electron chi connectivity index (χ4n) is 3.65. The van der Waals surface area contributed by atoms with Crippen molar-refractivity contribution < 1.29 is 0 Å². The lowest BCUT2D eigenvalue weighted by Gasteiger charge is -2.33. The summed E-state index contributed by atoms with van der Waals surface area (Å²) in [6, 6.07) is 8.34. The molecule has 2 fully saturated rings. The van der Waals surface area contributed by atoms with Crippen LogP contribution in [0.4, 0.5) is 17.5 Å². The molecular weight excluding hydrogens is 326 g/mol. The number of rotatable bonds is 4. The second kappa shape index (κ2) is 7.56. The van der Waals surface area contributed by atoms with Crippen molar-refractivity contribution >= 4 is 17.5 Å². The molecule has 2 saturated heterocycles. The number of anilines is 3. The number of pyridine rings is 1. The van der Waals surface area contributed by atoms with Gasteiger partial charge in [-0.1, -0.05) is 0 Å². The lowest BCUT2D eigenvalue weighted by atomic mass is 10.0. The second-order valence-corrected chi connectivity index (χ2v) is 6.88. The second-order valence-electron chi connectivity index (χ2n) is 6.88. The van der Waals surface area contributed by atoms with Gasteiger partial charge in [0.05, 0.1) is 5.56 Å². The van der Waals surface area contributed by atoms with Crippen LogP contribution >= 0.6 is 0 Å². The van der Waals surface area contributed by atoms with Gasteiger partial charge in [0.2, 0.25) is 0 Å². The zero-order valence-corrected chi connectivity index (χ0v) is 14.8. The fourth-order valence-corrected chi connectivity index (χ4v) is 3.65. The van der Waals surface area contributed by atoms with Crippen molar-refractivity contribution in [3.63, 3.8) is 0 Å². The average Bonchev–Trinajstić information content (AvgIpc) is 3.24. The van der Waals surface area contributed by atoms with Gasteiger partial charge < -0.3 is 15.1 Å². The molecule has 0 amide bonds. The van der Waals surface area contributed by atoms with Gasteiger partial charge in [-0.3, -0.25) is 0 Å². The molecule has 2 aliphatic heterocycles. The van der Waals surface area contributed by atoms with E-state index in [0.29, 0.717) is 11.6 Å². The van der Waals surface area contributed by atoms with Crippen LogP contribution in [0.25, 0.3) is 0 Å². The maximum atomic E-state index is 8.88. The van der Waals surface area contributed by atoms with E-state index < -0.39 is 0 Å². The van der Waals surface area contributed by atoms with Gasteiger partial charge in [-0.25, -0.2) is 15.0 Å². The van der Waals surface area contributed by atoms with E-state index in [-0.39, 0.29) is 0 Å². The summed E-state index contributed by atoms with van der Waals surface area (Å²) in [7, 11) is 0. The van der Waals surface area contributed by atoms with Crippen LogP contribution in [0.5, 0.6) is 0 Å². The van der Waals surface area contributed by atoms with Crippen molar-refractivity contribution in [3.05, 3.63) is 36.3 Å². The monoisotopic (exact) mass is 349 g/mol. The van der Waals surface area contributed by atoms with Gasteiger partial charge in [-0.05, 0) is 37.8 Å². The zero-order valence-electron chi connectivity index (χ0n) is 14.8. The van der Waals surface area contributed by atoms with Crippen LogP contribution in [0.1, 0.15) is 31.2 Å². The molecule has 0 aromatic carbocycles. The summed E-state index contributed by atoms with van der Waals surface area (Å²) in [5.74, 6) is 2.89. The molecule has 2 aromatic heterocycles. The maximum Gasteiger partial charge on any atom is 0.134 e. The highest BCUT2D eigenvalue weighted by molar-refractivity contribution is 5.50. The highest BCUT2D eigenvalue weighted by atomic mass is 15.2. The molecule has 7 heteroatoms. The zero-order chi connectivity index (χ0) is 17.8. The molecule has 0 aliphatic carbocycles. The Morgan fingerprint density at radius 3 is 2.42 bits per heavy atom. The first kappa shape index (κ1) is 16.6. The van der Waals surface area contributed by atoms with Gasteiger partial charge in [-0.15, -0.1) is 0 Å². The van der Waals surface area contributed by atoms with Gasteiger partial charge in [0, 0.05) is 44.5 Å². The Labute approximate surface area is 153 Å². The minimum Gasteiger partial charge on any atom is -0.367 e. The Balaban J connectivity index is 1.33. The van der Waals surface area contributed by atoms with Crippen LogP contribution in [-0.2, 0) is 0 Å². The molecule has 26 heavy (non-hydrogen) atoms. The van der Waals surface area contributed by atoms with Crippen molar-refractivity contribution in [2.75, 3.05) is 41.3 Å². The van der Waals surface area contributed by atoms with Crippen molar-refractivity contribution in [2.24, 2.45) is 0 Å². The molecule has 2 aromatic rings. The summed E-state index contributed by atoms with van der Waals surface area (Å²) in [5, 5.41) is 12.4. The van der Waals surface area contributed by atoms with E-state index in [1.54, 1.807) is 12.5 Å². The van der Waals surface area contributed by atoms with Gasteiger partial charge in [0.25, 0.3) is 0 Å². The van der Waals surface area contributed by atoms with Crippen LogP contribution < -0.4 is 15.1 Å². The Morgan fingerprint density at radius 2 is 1.73 bits per heavy atom. The summed E-state index contributed by atoms with van der Waals surface area (Å²) >= 11 is 0.